The first-order valence-corrected chi connectivity index (χ1v) is 7.12. The minimum absolute atomic E-state index is 0.133. The van der Waals surface area contributed by atoms with E-state index in [-0.39, 0.29) is 5.91 Å². The monoisotopic (exact) mass is 294 g/mol. The number of fused-ring (bicyclic) bond motifs is 1. The number of ether oxygens (including phenoxy) is 1. The van der Waals surface area contributed by atoms with Crippen molar-refractivity contribution >= 4 is 22.5 Å². The number of anilines is 1. The average Bonchev–Trinajstić information content (AvgIpc) is 2.93. The second-order valence-corrected chi connectivity index (χ2v) is 5.39. The molecule has 3 aromatic rings. The van der Waals surface area contributed by atoms with Crippen molar-refractivity contribution < 1.29 is 9.53 Å². The Hall–Kier alpha value is -2.75. The lowest BCUT2D eigenvalue weighted by atomic mass is 10.1. The minimum atomic E-state index is -0.133. The van der Waals surface area contributed by atoms with Crippen LogP contribution in [0.5, 0.6) is 5.75 Å². The lowest BCUT2D eigenvalue weighted by Gasteiger charge is -2.09. The van der Waals surface area contributed by atoms with E-state index in [1.165, 1.54) is 5.56 Å². The number of hydrogen-bond donors (Lipinski definition) is 2. The van der Waals surface area contributed by atoms with Crippen LogP contribution < -0.4 is 10.1 Å². The number of aromatic nitrogens is 1. The summed E-state index contributed by atoms with van der Waals surface area (Å²) in [5.74, 6) is 0.596. The van der Waals surface area contributed by atoms with E-state index in [2.05, 4.69) is 10.3 Å². The Morgan fingerprint density at radius 2 is 1.95 bits per heavy atom. The number of methoxy groups -OCH3 is 1. The molecule has 0 radical (unpaired) electrons. The van der Waals surface area contributed by atoms with E-state index in [0.29, 0.717) is 5.56 Å². The zero-order valence-electron chi connectivity index (χ0n) is 12.9. The number of hydrogen-bond acceptors (Lipinski definition) is 2. The molecule has 0 aliphatic carbocycles. The molecule has 2 N–H and O–H groups in total. The van der Waals surface area contributed by atoms with Crippen LogP contribution in [0.3, 0.4) is 0 Å². The molecule has 22 heavy (non-hydrogen) atoms. The maximum absolute atomic E-state index is 12.6. The summed E-state index contributed by atoms with van der Waals surface area (Å²) in [4.78, 5) is 15.7. The highest BCUT2D eigenvalue weighted by Gasteiger charge is 2.13. The summed E-state index contributed by atoms with van der Waals surface area (Å²) >= 11 is 0. The SMILES string of the molecule is COc1ccc2[nH]cc(C(=O)Nc3ccc(C)cc3C)c2c1. The molecule has 0 saturated heterocycles. The van der Waals surface area contributed by atoms with Gasteiger partial charge in [0.25, 0.3) is 5.91 Å². The van der Waals surface area contributed by atoms with Crippen LogP contribution >= 0.6 is 0 Å². The zero-order valence-corrected chi connectivity index (χ0v) is 12.9. The van der Waals surface area contributed by atoms with E-state index < -0.39 is 0 Å². The van der Waals surface area contributed by atoms with Crippen molar-refractivity contribution in [2.24, 2.45) is 0 Å². The topological polar surface area (TPSA) is 54.1 Å². The Bertz CT molecular complexity index is 849. The molecule has 0 spiro atoms. The van der Waals surface area contributed by atoms with Gasteiger partial charge in [-0.2, -0.15) is 0 Å². The Morgan fingerprint density at radius 3 is 2.68 bits per heavy atom. The molecule has 0 fully saturated rings. The molecule has 3 rings (SSSR count). The van der Waals surface area contributed by atoms with E-state index in [4.69, 9.17) is 4.74 Å². The first kappa shape index (κ1) is 14.2. The summed E-state index contributed by atoms with van der Waals surface area (Å²) in [6, 6.07) is 11.6. The van der Waals surface area contributed by atoms with Gasteiger partial charge in [0.15, 0.2) is 0 Å². The van der Waals surface area contributed by atoms with Crippen LogP contribution in [0.25, 0.3) is 10.9 Å². The molecule has 0 saturated carbocycles. The van der Waals surface area contributed by atoms with Crippen molar-refractivity contribution in [1.29, 1.82) is 0 Å². The fourth-order valence-corrected chi connectivity index (χ4v) is 2.56. The van der Waals surface area contributed by atoms with Gasteiger partial charge in [0.2, 0.25) is 0 Å². The molecule has 0 bridgehead atoms. The third-order valence-electron chi connectivity index (χ3n) is 3.76. The molecule has 1 aromatic heterocycles. The quantitative estimate of drug-likeness (QED) is 0.765. The summed E-state index contributed by atoms with van der Waals surface area (Å²) in [6.07, 6.45) is 1.73. The standard InChI is InChI=1S/C18H18N2O2/c1-11-4-6-16(12(2)8-11)20-18(21)15-10-19-17-7-5-13(22-3)9-14(15)17/h4-10,19H,1-3H3,(H,20,21). The normalized spacial score (nSPS) is 10.7. The summed E-state index contributed by atoms with van der Waals surface area (Å²) in [7, 11) is 1.61. The van der Waals surface area contributed by atoms with Gasteiger partial charge in [0, 0.05) is 22.8 Å². The maximum atomic E-state index is 12.6. The first-order chi connectivity index (χ1) is 10.6. The van der Waals surface area contributed by atoms with Crippen LogP contribution in [-0.4, -0.2) is 18.0 Å². The Labute approximate surface area is 129 Å². The van der Waals surface area contributed by atoms with Gasteiger partial charge >= 0.3 is 0 Å². The van der Waals surface area contributed by atoms with Crippen molar-refractivity contribution in [1.82, 2.24) is 4.98 Å². The molecule has 4 heteroatoms. The van der Waals surface area contributed by atoms with Crippen LogP contribution in [0.4, 0.5) is 5.69 Å². The van der Waals surface area contributed by atoms with Crippen molar-refractivity contribution in [3.8, 4) is 5.75 Å². The number of carbonyl (C=O) groups is 1. The van der Waals surface area contributed by atoms with Crippen molar-refractivity contribution in [2.75, 3.05) is 12.4 Å². The van der Waals surface area contributed by atoms with Crippen LogP contribution in [0.1, 0.15) is 21.5 Å². The van der Waals surface area contributed by atoms with Gasteiger partial charge in [-0.1, -0.05) is 17.7 Å². The van der Waals surface area contributed by atoms with Crippen LogP contribution in [0, 0.1) is 13.8 Å². The second-order valence-electron chi connectivity index (χ2n) is 5.39. The Kier molecular flexibility index (Phi) is 3.59. The van der Waals surface area contributed by atoms with Gasteiger partial charge < -0.3 is 15.0 Å². The number of benzene rings is 2. The minimum Gasteiger partial charge on any atom is -0.497 e. The van der Waals surface area contributed by atoms with Gasteiger partial charge in [0.1, 0.15) is 5.75 Å². The number of rotatable bonds is 3. The summed E-state index contributed by atoms with van der Waals surface area (Å²) in [6.45, 7) is 4.02. The fraction of sp³-hybridized carbons (Fsp3) is 0.167. The van der Waals surface area contributed by atoms with E-state index in [0.717, 1.165) is 27.9 Å². The van der Waals surface area contributed by atoms with E-state index in [1.54, 1.807) is 13.3 Å². The molecule has 1 amide bonds. The number of aryl methyl sites for hydroxylation is 2. The Morgan fingerprint density at radius 1 is 1.14 bits per heavy atom. The highest BCUT2D eigenvalue weighted by molar-refractivity contribution is 6.13. The van der Waals surface area contributed by atoms with Crippen LogP contribution in [0.15, 0.2) is 42.6 Å². The van der Waals surface area contributed by atoms with Gasteiger partial charge in [-0.25, -0.2) is 0 Å². The molecule has 112 valence electrons. The number of carbonyl (C=O) groups excluding carboxylic acids is 1. The van der Waals surface area contributed by atoms with Gasteiger partial charge in [0.05, 0.1) is 12.7 Å². The molecule has 0 unspecified atom stereocenters. The molecule has 2 aromatic carbocycles. The molecule has 0 aliphatic heterocycles. The van der Waals surface area contributed by atoms with E-state index in [1.807, 2.05) is 50.2 Å². The van der Waals surface area contributed by atoms with Crippen molar-refractivity contribution in [2.45, 2.75) is 13.8 Å². The lowest BCUT2D eigenvalue weighted by molar-refractivity contribution is 0.102. The second kappa shape index (κ2) is 5.56. The van der Waals surface area contributed by atoms with Crippen LogP contribution in [-0.2, 0) is 0 Å². The third-order valence-corrected chi connectivity index (χ3v) is 3.76. The molecular weight excluding hydrogens is 276 g/mol. The highest BCUT2D eigenvalue weighted by Crippen LogP contribution is 2.25. The number of aromatic amines is 1. The fourth-order valence-electron chi connectivity index (χ4n) is 2.56. The zero-order chi connectivity index (χ0) is 15.7. The average molecular weight is 294 g/mol. The predicted molar refractivity (Wildman–Crippen MR) is 88.7 cm³/mol. The van der Waals surface area contributed by atoms with Gasteiger partial charge in [-0.3, -0.25) is 4.79 Å². The number of amides is 1. The number of nitrogens with one attached hydrogen (secondary N) is 2. The summed E-state index contributed by atoms with van der Waals surface area (Å²) in [5, 5.41) is 3.82. The van der Waals surface area contributed by atoms with Crippen LogP contribution in [0.2, 0.25) is 0 Å². The largest absolute Gasteiger partial charge is 0.497 e. The maximum Gasteiger partial charge on any atom is 0.257 e. The molecule has 4 nitrogen and oxygen atoms in total. The summed E-state index contributed by atoms with van der Waals surface area (Å²) < 4.78 is 5.23. The first-order valence-electron chi connectivity index (χ1n) is 7.12. The third kappa shape index (κ3) is 2.55. The summed E-state index contributed by atoms with van der Waals surface area (Å²) in [5.41, 5.74) is 4.56. The molecular formula is C18H18N2O2. The Balaban J connectivity index is 1.95. The van der Waals surface area contributed by atoms with E-state index >= 15 is 0 Å². The number of H-pyrrole nitrogens is 1. The molecule has 0 atom stereocenters. The van der Waals surface area contributed by atoms with E-state index in [9.17, 15) is 4.79 Å². The molecule has 0 aliphatic rings. The smallest absolute Gasteiger partial charge is 0.257 e. The van der Waals surface area contributed by atoms with Crippen molar-refractivity contribution in [3.05, 3.63) is 59.3 Å². The van der Waals surface area contributed by atoms with Gasteiger partial charge in [-0.15, -0.1) is 0 Å². The van der Waals surface area contributed by atoms with Gasteiger partial charge in [-0.05, 0) is 43.7 Å². The lowest BCUT2D eigenvalue weighted by Crippen LogP contribution is -2.12. The highest BCUT2D eigenvalue weighted by atomic mass is 16.5. The molecule has 1 heterocycles. The predicted octanol–water partition coefficient (Wildman–Crippen LogP) is 4.05. The van der Waals surface area contributed by atoms with Crippen molar-refractivity contribution in [3.63, 3.8) is 0 Å².